The van der Waals surface area contributed by atoms with Crippen LogP contribution in [0.3, 0.4) is 0 Å². The van der Waals surface area contributed by atoms with Crippen molar-refractivity contribution in [1.29, 1.82) is 0 Å². The zero-order valence-electron chi connectivity index (χ0n) is 15.5. The molecular formula is C19H15Cl3N4O3S. The van der Waals surface area contributed by atoms with Gasteiger partial charge in [-0.2, -0.15) is 0 Å². The molecule has 0 saturated carbocycles. The van der Waals surface area contributed by atoms with Crippen LogP contribution in [0.1, 0.15) is 12.5 Å². The molecule has 7 nitrogen and oxygen atoms in total. The molecule has 2 heterocycles. The lowest BCUT2D eigenvalue weighted by atomic mass is 9.92. The van der Waals surface area contributed by atoms with Crippen LogP contribution < -0.4 is 10.6 Å². The first kappa shape index (κ1) is 21.0. The van der Waals surface area contributed by atoms with E-state index in [1.54, 1.807) is 43.3 Å². The van der Waals surface area contributed by atoms with E-state index in [0.717, 1.165) is 11.8 Å². The van der Waals surface area contributed by atoms with Crippen molar-refractivity contribution in [2.45, 2.75) is 23.9 Å². The molecule has 0 aliphatic carbocycles. The van der Waals surface area contributed by atoms with E-state index in [9.17, 15) is 13.2 Å². The van der Waals surface area contributed by atoms with Crippen molar-refractivity contribution >= 4 is 66.2 Å². The highest BCUT2D eigenvalue weighted by molar-refractivity contribution is 8.13. The summed E-state index contributed by atoms with van der Waals surface area (Å²) in [4.78, 5) is 19.1. The van der Waals surface area contributed by atoms with Crippen molar-refractivity contribution in [1.82, 2.24) is 9.55 Å². The summed E-state index contributed by atoms with van der Waals surface area (Å²) in [6.45, 7) is 1.63. The lowest BCUT2D eigenvalue weighted by Gasteiger charge is -2.26. The Bertz CT molecular complexity index is 1250. The fourth-order valence-corrected chi connectivity index (χ4v) is 5.16. The number of benzene rings is 2. The van der Waals surface area contributed by atoms with Gasteiger partial charge in [0.2, 0.25) is 5.95 Å². The van der Waals surface area contributed by atoms with Crippen LogP contribution in [-0.4, -0.2) is 23.9 Å². The minimum absolute atomic E-state index is 0.107. The van der Waals surface area contributed by atoms with Gasteiger partial charge in [-0.3, -0.25) is 9.36 Å². The Morgan fingerprint density at radius 2 is 1.70 bits per heavy atom. The fourth-order valence-electron chi connectivity index (χ4n) is 3.64. The summed E-state index contributed by atoms with van der Waals surface area (Å²) in [7, 11) is 1.47. The normalized spacial score (nSPS) is 18.7. The predicted molar refractivity (Wildman–Crippen MR) is 117 cm³/mol. The third-order valence-electron chi connectivity index (χ3n) is 4.95. The number of rotatable bonds is 4. The van der Waals surface area contributed by atoms with Crippen LogP contribution in [0.2, 0.25) is 10.0 Å². The van der Waals surface area contributed by atoms with Crippen LogP contribution in [0, 0.1) is 0 Å². The number of halogens is 3. The summed E-state index contributed by atoms with van der Waals surface area (Å²) in [5, 5.41) is 0.363. The SMILES string of the molecule is C[C@@]1(Cc2ccc(N)cc2)C(=O)N(c2cc(Cl)cc(Cl)c2)c2ncc(S(=O)(=O)Cl)n21. The molecule has 0 spiro atoms. The number of hydrogen-bond acceptors (Lipinski definition) is 5. The van der Waals surface area contributed by atoms with E-state index >= 15 is 0 Å². The van der Waals surface area contributed by atoms with Crippen molar-refractivity contribution in [3.8, 4) is 0 Å². The number of nitrogen functional groups attached to an aromatic ring is 1. The standard InChI is InChI=1S/C19H15Cl3N4O3S/c1-19(9-11-2-4-14(23)5-3-11)17(27)25(15-7-12(20)6-13(21)8-15)18-24-10-16(26(18)19)30(22,28)29/h2-8,10H,9,23H2,1H3/t19-/m1/s1. The topological polar surface area (TPSA) is 98.3 Å². The first-order valence-electron chi connectivity index (χ1n) is 8.69. The summed E-state index contributed by atoms with van der Waals surface area (Å²) < 4.78 is 25.8. The lowest BCUT2D eigenvalue weighted by Crippen LogP contribution is -2.41. The summed E-state index contributed by atoms with van der Waals surface area (Å²) in [6.07, 6.45) is 1.31. The summed E-state index contributed by atoms with van der Waals surface area (Å²) in [5.74, 6) is -0.294. The van der Waals surface area contributed by atoms with Crippen molar-refractivity contribution in [2.75, 3.05) is 10.6 Å². The van der Waals surface area contributed by atoms with Crippen molar-refractivity contribution < 1.29 is 13.2 Å². The Kier molecular flexibility index (Phi) is 5.01. The predicted octanol–water partition coefficient (Wildman–Crippen LogP) is 4.34. The Labute approximate surface area is 187 Å². The first-order valence-corrected chi connectivity index (χ1v) is 11.8. The van der Waals surface area contributed by atoms with Gasteiger partial charge in [0, 0.05) is 32.8 Å². The number of aromatic nitrogens is 2. The fraction of sp³-hybridized carbons (Fsp3) is 0.158. The van der Waals surface area contributed by atoms with Gasteiger partial charge in [0.25, 0.3) is 15.0 Å². The highest BCUT2D eigenvalue weighted by atomic mass is 35.7. The van der Waals surface area contributed by atoms with Crippen LogP contribution in [0.5, 0.6) is 0 Å². The van der Waals surface area contributed by atoms with Crippen molar-refractivity contribution in [3.63, 3.8) is 0 Å². The number of carbonyl (C=O) groups is 1. The molecule has 1 amide bonds. The number of carbonyl (C=O) groups excluding carboxylic acids is 1. The largest absolute Gasteiger partial charge is 0.399 e. The van der Waals surface area contributed by atoms with Gasteiger partial charge in [0.05, 0.1) is 11.9 Å². The van der Waals surface area contributed by atoms with E-state index in [4.69, 9.17) is 39.6 Å². The van der Waals surface area contributed by atoms with Crippen LogP contribution in [0.4, 0.5) is 17.3 Å². The number of nitrogens with two attached hydrogens (primary N) is 1. The Morgan fingerprint density at radius 1 is 1.10 bits per heavy atom. The molecule has 0 bridgehead atoms. The second-order valence-corrected chi connectivity index (χ2v) is 10.5. The molecule has 0 fully saturated rings. The monoisotopic (exact) mass is 484 g/mol. The summed E-state index contributed by atoms with van der Waals surface area (Å²) in [6, 6.07) is 11.6. The minimum Gasteiger partial charge on any atom is -0.399 e. The summed E-state index contributed by atoms with van der Waals surface area (Å²) >= 11 is 12.2. The molecule has 30 heavy (non-hydrogen) atoms. The summed E-state index contributed by atoms with van der Waals surface area (Å²) in [5.41, 5.74) is 6.14. The molecule has 1 aliphatic heterocycles. The second kappa shape index (κ2) is 7.16. The van der Waals surface area contributed by atoms with Gasteiger partial charge in [-0.15, -0.1) is 0 Å². The molecule has 2 aromatic carbocycles. The molecule has 0 unspecified atom stereocenters. The number of hydrogen-bond donors (Lipinski definition) is 1. The zero-order chi connectivity index (χ0) is 21.8. The minimum atomic E-state index is -4.18. The molecule has 1 atom stereocenters. The first-order chi connectivity index (χ1) is 14.0. The van der Waals surface area contributed by atoms with Crippen molar-refractivity contribution in [3.05, 3.63) is 64.3 Å². The molecule has 1 aromatic heterocycles. The number of fused-ring (bicyclic) bond motifs is 1. The molecule has 3 aromatic rings. The number of imidazole rings is 1. The second-order valence-electron chi connectivity index (χ2n) is 7.13. The van der Waals surface area contributed by atoms with E-state index in [1.807, 2.05) is 0 Å². The van der Waals surface area contributed by atoms with Gasteiger partial charge in [-0.25, -0.2) is 18.3 Å². The average Bonchev–Trinajstić information content (AvgIpc) is 3.16. The van der Waals surface area contributed by atoms with Gasteiger partial charge in [-0.05, 0) is 42.8 Å². The highest BCUT2D eigenvalue weighted by Crippen LogP contribution is 2.44. The number of anilines is 3. The number of nitrogens with zero attached hydrogens (tertiary/aromatic N) is 3. The van der Waals surface area contributed by atoms with Gasteiger partial charge in [0.15, 0.2) is 5.03 Å². The van der Waals surface area contributed by atoms with Crippen LogP contribution in [0.15, 0.2) is 53.7 Å². The molecule has 11 heteroatoms. The highest BCUT2D eigenvalue weighted by Gasteiger charge is 2.51. The number of amides is 1. The van der Waals surface area contributed by atoms with Gasteiger partial charge in [-0.1, -0.05) is 35.3 Å². The smallest absolute Gasteiger partial charge is 0.278 e. The maximum atomic E-state index is 13.6. The zero-order valence-corrected chi connectivity index (χ0v) is 18.6. The average molecular weight is 486 g/mol. The van der Waals surface area contributed by atoms with Gasteiger partial charge < -0.3 is 5.73 Å². The van der Waals surface area contributed by atoms with Crippen molar-refractivity contribution in [2.24, 2.45) is 0 Å². The maximum Gasteiger partial charge on any atom is 0.278 e. The van der Waals surface area contributed by atoms with E-state index in [1.165, 1.54) is 15.5 Å². The Balaban J connectivity index is 1.93. The van der Waals surface area contributed by atoms with E-state index in [-0.39, 0.29) is 17.4 Å². The molecule has 0 radical (unpaired) electrons. The Hall–Kier alpha value is -2.26. The van der Waals surface area contributed by atoms with E-state index in [2.05, 4.69) is 4.98 Å². The van der Waals surface area contributed by atoms with Crippen LogP contribution >= 0.6 is 33.9 Å². The Morgan fingerprint density at radius 3 is 2.27 bits per heavy atom. The van der Waals surface area contributed by atoms with Crippen LogP contribution in [-0.2, 0) is 25.8 Å². The third-order valence-corrected chi connectivity index (χ3v) is 6.65. The molecule has 2 N–H and O–H groups in total. The molecular weight excluding hydrogens is 471 g/mol. The lowest BCUT2D eigenvalue weighted by molar-refractivity contribution is -0.124. The molecule has 156 valence electrons. The maximum absolute atomic E-state index is 13.6. The third kappa shape index (κ3) is 3.43. The molecule has 1 aliphatic rings. The van der Waals surface area contributed by atoms with Gasteiger partial charge >= 0.3 is 0 Å². The van der Waals surface area contributed by atoms with Crippen LogP contribution in [0.25, 0.3) is 0 Å². The van der Waals surface area contributed by atoms with Gasteiger partial charge in [0.1, 0.15) is 5.54 Å². The molecule has 0 saturated heterocycles. The van der Waals surface area contributed by atoms with E-state index < -0.39 is 20.5 Å². The van der Waals surface area contributed by atoms with E-state index in [0.29, 0.717) is 21.4 Å². The quantitative estimate of drug-likeness (QED) is 0.438. The molecule has 4 rings (SSSR count).